The van der Waals surface area contributed by atoms with E-state index in [1.165, 1.54) is 0 Å². The van der Waals surface area contributed by atoms with Crippen molar-refractivity contribution in [1.82, 2.24) is 4.98 Å². The highest BCUT2D eigenvalue weighted by atomic mass is 32.2. The molecule has 6 nitrogen and oxygen atoms in total. The molecule has 0 aliphatic carbocycles. The number of aromatic amines is 1. The van der Waals surface area contributed by atoms with E-state index in [-0.39, 0.29) is 11.7 Å². The van der Waals surface area contributed by atoms with Gasteiger partial charge in [0.15, 0.2) is 0 Å². The molecule has 7 heteroatoms. The summed E-state index contributed by atoms with van der Waals surface area (Å²) < 4.78 is 21.9. The van der Waals surface area contributed by atoms with E-state index in [1.54, 1.807) is 30.3 Å². The number of nitrogens with one attached hydrogen (secondary N) is 2. The Morgan fingerprint density at radius 3 is 2.35 bits per heavy atom. The molecule has 1 amide bonds. The Kier molecular flexibility index (Phi) is 3.91. The number of anilines is 1. The van der Waals surface area contributed by atoms with E-state index < -0.39 is 10.0 Å². The van der Waals surface area contributed by atoms with Crippen LogP contribution < -0.4 is 10.5 Å². The Labute approximate surface area is 117 Å². The van der Waals surface area contributed by atoms with Crippen LogP contribution in [0.15, 0.2) is 36.4 Å². The normalized spacial score (nSPS) is 11.3. The van der Waals surface area contributed by atoms with E-state index >= 15 is 0 Å². The van der Waals surface area contributed by atoms with Crippen LogP contribution in [0.3, 0.4) is 0 Å². The molecule has 0 spiro atoms. The van der Waals surface area contributed by atoms with Gasteiger partial charge in [-0.05, 0) is 36.8 Å². The molecule has 2 rings (SSSR count). The van der Waals surface area contributed by atoms with Gasteiger partial charge in [0.05, 0.1) is 5.75 Å². The number of carbonyl (C=O) groups is 1. The first-order valence-electron chi connectivity index (χ1n) is 5.90. The fourth-order valence-corrected chi connectivity index (χ4v) is 2.41. The number of amides is 1. The number of nitrogens with two attached hydrogens (primary N) is 1. The van der Waals surface area contributed by atoms with Crippen molar-refractivity contribution in [1.29, 1.82) is 0 Å². The van der Waals surface area contributed by atoms with Gasteiger partial charge in [-0.3, -0.25) is 4.79 Å². The van der Waals surface area contributed by atoms with Crippen molar-refractivity contribution in [3.05, 3.63) is 53.3 Å². The van der Waals surface area contributed by atoms with Crippen LogP contribution in [0.4, 0.5) is 5.69 Å². The van der Waals surface area contributed by atoms with Crippen molar-refractivity contribution in [2.24, 2.45) is 5.14 Å². The van der Waals surface area contributed by atoms with Gasteiger partial charge in [0.25, 0.3) is 5.91 Å². The maximum absolute atomic E-state index is 11.9. The molecular weight excluding hydrogens is 278 g/mol. The summed E-state index contributed by atoms with van der Waals surface area (Å²) in [6.45, 7) is 1.86. The maximum Gasteiger partial charge on any atom is 0.272 e. The minimum atomic E-state index is -3.55. The molecule has 0 saturated heterocycles. The fourth-order valence-electron chi connectivity index (χ4n) is 1.75. The van der Waals surface area contributed by atoms with Crippen LogP contribution in [0.25, 0.3) is 0 Å². The number of primary sulfonamides is 1. The smallest absolute Gasteiger partial charge is 0.272 e. The van der Waals surface area contributed by atoms with Crippen molar-refractivity contribution in [2.45, 2.75) is 12.7 Å². The molecule has 0 saturated carbocycles. The van der Waals surface area contributed by atoms with Crippen LogP contribution in [-0.4, -0.2) is 19.3 Å². The fraction of sp³-hybridized carbons (Fsp3) is 0.154. The zero-order valence-electron chi connectivity index (χ0n) is 10.9. The van der Waals surface area contributed by atoms with Gasteiger partial charge in [-0.15, -0.1) is 0 Å². The van der Waals surface area contributed by atoms with Gasteiger partial charge in [0.1, 0.15) is 5.69 Å². The molecule has 0 aliphatic heterocycles. The topological polar surface area (TPSA) is 105 Å². The Hall–Kier alpha value is -2.12. The monoisotopic (exact) mass is 293 g/mol. The van der Waals surface area contributed by atoms with Crippen LogP contribution in [0, 0.1) is 6.92 Å². The predicted octanol–water partition coefficient (Wildman–Crippen LogP) is 1.36. The quantitative estimate of drug-likeness (QED) is 0.792. The van der Waals surface area contributed by atoms with Crippen LogP contribution >= 0.6 is 0 Å². The molecule has 0 fully saturated rings. The number of H-pyrrole nitrogens is 1. The molecule has 0 aliphatic rings. The Morgan fingerprint density at radius 1 is 1.20 bits per heavy atom. The number of aromatic nitrogens is 1. The van der Waals surface area contributed by atoms with Crippen LogP contribution in [0.5, 0.6) is 0 Å². The average molecular weight is 293 g/mol. The number of sulfonamides is 1. The van der Waals surface area contributed by atoms with Crippen molar-refractivity contribution >= 4 is 21.6 Å². The lowest BCUT2D eigenvalue weighted by molar-refractivity contribution is 0.102. The highest BCUT2D eigenvalue weighted by Gasteiger charge is 2.08. The van der Waals surface area contributed by atoms with E-state index in [0.29, 0.717) is 16.9 Å². The van der Waals surface area contributed by atoms with E-state index in [9.17, 15) is 13.2 Å². The summed E-state index contributed by atoms with van der Waals surface area (Å²) in [6.07, 6.45) is 0. The molecule has 0 atom stereocenters. The Balaban J connectivity index is 2.06. The lowest BCUT2D eigenvalue weighted by atomic mass is 10.2. The SMILES string of the molecule is Cc1ccc(C(=O)Nc2ccc(CS(N)(=O)=O)cc2)[nH]1. The average Bonchev–Trinajstić information content (AvgIpc) is 2.77. The van der Waals surface area contributed by atoms with Crippen LogP contribution in [0.2, 0.25) is 0 Å². The summed E-state index contributed by atoms with van der Waals surface area (Å²) in [5.41, 5.74) is 2.52. The highest BCUT2D eigenvalue weighted by Crippen LogP contribution is 2.12. The first kappa shape index (κ1) is 14.3. The second-order valence-corrected chi connectivity index (χ2v) is 6.13. The van der Waals surface area contributed by atoms with E-state index in [1.807, 2.05) is 13.0 Å². The molecular formula is C13H15N3O3S. The second kappa shape index (κ2) is 5.48. The summed E-state index contributed by atoms with van der Waals surface area (Å²) in [5.74, 6) is -0.478. The Morgan fingerprint density at radius 2 is 1.85 bits per heavy atom. The summed E-state index contributed by atoms with van der Waals surface area (Å²) in [4.78, 5) is 14.8. The number of hydrogen-bond acceptors (Lipinski definition) is 3. The standard InChI is InChI=1S/C13H15N3O3S/c1-9-2-7-12(15-9)13(17)16-11-5-3-10(4-6-11)8-20(14,18)19/h2-7,15H,8H2,1H3,(H,16,17)(H2,14,18,19). The third-order valence-electron chi connectivity index (χ3n) is 2.66. The summed E-state index contributed by atoms with van der Waals surface area (Å²) in [7, 11) is -3.55. The van der Waals surface area contributed by atoms with Gasteiger partial charge in [-0.1, -0.05) is 12.1 Å². The molecule has 106 valence electrons. The lowest BCUT2D eigenvalue weighted by Gasteiger charge is -2.05. The molecule has 20 heavy (non-hydrogen) atoms. The molecule has 2 aromatic rings. The van der Waals surface area contributed by atoms with E-state index in [4.69, 9.17) is 5.14 Å². The van der Waals surface area contributed by atoms with Crippen LogP contribution in [-0.2, 0) is 15.8 Å². The third kappa shape index (κ3) is 3.94. The molecule has 4 N–H and O–H groups in total. The number of benzene rings is 1. The van der Waals surface area contributed by atoms with Crippen molar-refractivity contribution in [3.8, 4) is 0 Å². The molecule has 0 radical (unpaired) electrons. The zero-order valence-corrected chi connectivity index (χ0v) is 11.7. The van der Waals surface area contributed by atoms with Crippen molar-refractivity contribution in [2.75, 3.05) is 5.32 Å². The van der Waals surface area contributed by atoms with Crippen LogP contribution in [0.1, 0.15) is 21.7 Å². The molecule has 1 aromatic heterocycles. The van der Waals surface area contributed by atoms with E-state index in [0.717, 1.165) is 5.69 Å². The zero-order chi connectivity index (χ0) is 14.8. The maximum atomic E-state index is 11.9. The Bertz CT molecular complexity index is 718. The molecule has 0 unspecified atom stereocenters. The van der Waals surface area contributed by atoms with Gasteiger partial charge in [0, 0.05) is 11.4 Å². The lowest BCUT2D eigenvalue weighted by Crippen LogP contribution is -2.15. The predicted molar refractivity (Wildman–Crippen MR) is 76.7 cm³/mol. The number of carbonyl (C=O) groups excluding carboxylic acids is 1. The number of aryl methyl sites for hydroxylation is 1. The largest absolute Gasteiger partial charge is 0.355 e. The number of rotatable bonds is 4. The van der Waals surface area contributed by atoms with Gasteiger partial charge < -0.3 is 10.3 Å². The molecule has 0 bridgehead atoms. The van der Waals surface area contributed by atoms with E-state index in [2.05, 4.69) is 10.3 Å². The van der Waals surface area contributed by atoms with Crippen molar-refractivity contribution in [3.63, 3.8) is 0 Å². The summed E-state index contributed by atoms with van der Waals surface area (Å²) in [5, 5.41) is 7.67. The number of hydrogen-bond donors (Lipinski definition) is 3. The summed E-state index contributed by atoms with van der Waals surface area (Å²) >= 11 is 0. The van der Waals surface area contributed by atoms with Gasteiger partial charge in [-0.25, -0.2) is 13.6 Å². The third-order valence-corrected chi connectivity index (χ3v) is 3.39. The minimum absolute atomic E-state index is 0.225. The van der Waals surface area contributed by atoms with Gasteiger partial charge in [-0.2, -0.15) is 0 Å². The summed E-state index contributed by atoms with van der Waals surface area (Å²) in [6, 6.07) is 9.99. The minimum Gasteiger partial charge on any atom is -0.355 e. The first-order chi connectivity index (χ1) is 9.33. The first-order valence-corrected chi connectivity index (χ1v) is 7.61. The van der Waals surface area contributed by atoms with Crippen molar-refractivity contribution < 1.29 is 13.2 Å². The molecule has 1 aromatic carbocycles. The molecule has 1 heterocycles. The second-order valence-electron chi connectivity index (χ2n) is 4.51. The highest BCUT2D eigenvalue weighted by molar-refractivity contribution is 7.88. The van der Waals surface area contributed by atoms with Gasteiger partial charge >= 0.3 is 0 Å². The van der Waals surface area contributed by atoms with Gasteiger partial charge in [0.2, 0.25) is 10.0 Å².